The first kappa shape index (κ1) is 23.8. The molecule has 0 fully saturated rings. The molecule has 5 nitrogen and oxygen atoms in total. The Morgan fingerprint density at radius 1 is 1.03 bits per heavy atom. The van der Waals surface area contributed by atoms with Gasteiger partial charge in [-0.3, -0.25) is 0 Å². The van der Waals surface area contributed by atoms with Crippen molar-refractivity contribution in [2.24, 2.45) is 0 Å². The molecule has 2 rings (SSSR count). The fourth-order valence-corrected chi connectivity index (χ4v) is 3.27. The molecule has 1 aromatic heterocycles. The van der Waals surface area contributed by atoms with E-state index in [0.717, 1.165) is 36.8 Å². The number of pyridine rings is 1. The zero-order valence-electron chi connectivity index (χ0n) is 17.5. The minimum absolute atomic E-state index is 0.493. The predicted octanol–water partition coefficient (Wildman–Crippen LogP) is 5.58. The van der Waals surface area contributed by atoms with Crippen LogP contribution in [-0.4, -0.2) is 29.8 Å². The van der Waals surface area contributed by atoms with Gasteiger partial charge in [0, 0.05) is 11.8 Å². The maximum absolute atomic E-state index is 10.8. The van der Waals surface area contributed by atoms with Crippen LogP contribution >= 0.6 is 12.6 Å². The summed E-state index contributed by atoms with van der Waals surface area (Å²) in [6.07, 6.45) is 10.6. The number of ether oxygens (including phenoxy) is 2. The number of aliphatic carboxylic acids is 1. The number of aromatic nitrogens is 1. The Balaban J connectivity index is 1.61. The minimum Gasteiger partial charge on any atom is -0.497 e. The van der Waals surface area contributed by atoms with Gasteiger partial charge in [0.15, 0.2) is 0 Å². The van der Waals surface area contributed by atoms with Crippen LogP contribution < -0.4 is 9.47 Å². The average Bonchev–Trinajstić information content (AvgIpc) is 2.77. The Morgan fingerprint density at radius 2 is 1.73 bits per heavy atom. The first-order chi connectivity index (χ1) is 14.6. The molecule has 0 aliphatic carbocycles. The molecule has 1 heterocycles. The number of hydrogen-bond acceptors (Lipinski definition) is 5. The first-order valence-electron chi connectivity index (χ1n) is 10.4. The second-order valence-corrected chi connectivity index (χ2v) is 7.40. The van der Waals surface area contributed by atoms with Crippen molar-refractivity contribution in [3.63, 3.8) is 0 Å². The summed E-state index contributed by atoms with van der Waals surface area (Å²) in [6.45, 7) is 0.599. The van der Waals surface area contributed by atoms with Crippen molar-refractivity contribution in [3.8, 4) is 11.5 Å². The van der Waals surface area contributed by atoms with Gasteiger partial charge in [0.1, 0.15) is 17.2 Å². The highest BCUT2D eigenvalue weighted by Crippen LogP contribution is 2.20. The van der Waals surface area contributed by atoms with Crippen LogP contribution in [-0.2, 0) is 17.0 Å². The Kier molecular flexibility index (Phi) is 10.9. The SMILES string of the molecule is COc1ccc(CCCCCCCCOc2ccc(CS)nc2C=CC(=O)O)cc1. The summed E-state index contributed by atoms with van der Waals surface area (Å²) >= 11 is 4.21. The highest BCUT2D eigenvalue weighted by atomic mass is 32.1. The molecule has 0 unspecified atom stereocenters. The fraction of sp³-hybridized carbons (Fsp3) is 0.417. The van der Waals surface area contributed by atoms with E-state index >= 15 is 0 Å². The summed E-state index contributed by atoms with van der Waals surface area (Å²) in [5.74, 6) is 0.995. The zero-order valence-corrected chi connectivity index (χ0v) is 18.4. The van der Waals surface area contributed by atoms with E-state index in [4.69, 9.17) is 14.6 Å². The average molecular weight is 430 g/mol. The molecule has 0 radical (unpaired) electrons. The Bertz CT molecular complexity index is 805. The molecule has 162 valence electrons. The van der Waals surface area contributed by atoms with Gasteiger partial charge in [0.2, 0.25) is 0 Å². The van der Waals surface area contributed by atoms with Crippen LogP contribution in [0.25, 0.3) is 6.08 Å². The van der Waals surface area contributed by atoms with E-state index in [2.05, 4.69) is 29.7 Å². The van der Waals surface area contributed by atoms with E-state index in [9.17, 15) is 4.79 Å². The van der Waals surface area contributed by atoms with Gasteiger partial charge in [-0.25, -0.2) is 9.78 Å². The maximum atomic E-state index is 10.8. The molecule has 30 heavy (non-hydrogen) atoms. The van der Waals surface area contributed by atoms with Crippen molar-refractivity contribution in [2.45, 2.75) is 50.7 Å². The highest BCUT2D eigenvalue weighted by Gasteiger charge is 2.05. The summed E-state index contributed by atoms with van der Waals surface area (Å²) in [4.78, 5) is 15.2. The Labute approximate surface area is 184 Å². The largest absolute Gasteiger partial charge is 0.497 e. The summed E-state index contributed by atoms with van der Waals surface area (Å²) < 4.78 is 11.0. The molecule has 1 N–H and O–H groups in total. The third-order valence-electron chi connectivity index (χ3n) is 4.77. The zero-order chi connectivity index (χ0) is 21.6. The van der Waals surface area contributed by atoms with Crippen LogP contribution in [0.3, 0.4) is 0 Å². The molecule has 1 aromatic carbocycles. The molecule has 0 aliphatic heterocycles. The standard InChI is InChI=1S/C24H31NO4S/c1-28-21-12-9-19(10-13-21)8-6-4-2-3-5-7-17-29-23-15-11-20(18-30)25-22(23)14-16-24(26)27/h9-16,30H,2-8,17-18H2,1H3,(H,26,27). The normalized spacial score (nSPS) is 11.0. The van der Waals surface area contributed by atoms with E-state index in [1.54, 1.807) is 7.11 Å². The Hall–Kier alpha value is -2.47. The quantitative estimate of drug-likeness (QED) is 0.233. The molecule has 6 heteroatoms. The molecule has 0 saturated heterocycles. The van der Waals surface area contributed by atoms with Crippen molar-refractivity contribution in [1.82, 2.24) is 4.98 Å². The number of aryl methyl sites for hydroxylation is 1. The van der Waals surface area contributed by atoms with Gasteiger partial charge in [-0.2, -0.15) is 12.6 Å². The van der Waals surface area contributed by atoms with E-state index in [1.807, 2.05) is 24.3 Å². The molecular formula is C24H31NO4S. The summed E-state index contributed by atoms with van der Waals surface area (Å²) in [5.41, 5.74) is 2.67. The van der Waals surface area contributed by atoms with Gasteiger partial charge in [0.05, 0.1) is 19.4 Å². The molecule has 0 saturated carbocycles. The van der Waals surface area contributed by atoms with E-state index in [1.165, 1.54) is 37.3 Å². The van der Waals surface area contributed by atoms with E-state index < -0.39 is 5.97 Å². The monoisotopic (exact) mass is 429 g/mol. The van der Waals surface area contributed by atoms with Crippen LogP contribution in [0.5, 0.6) is 11.5 Å². The summed E-state index contributed by atoms with van der Waals surface area (Å²) in [7, 11) is 1.69. The summed E-state index contributed by atoms with van der Waals surface area (Å²) in [5, 5.41) is 8.84. The van der Waals surface area contributed by atoms with Crippen molar-refractivity contribution in [3.05, 3.63) is 59.4 Å². The number of hydrogen-bond donors (Lipinski definition) is 2. The molecule has 0 aliphatic rings. The fourth-order valence-electron chi connectivity index (χ4n) is 3.10. The lowest BCUT2D eigenvalue weighted by Crippen LogP contribution is -2.01. The van der Waals surface area contributed by atoms with Gasteiger partial charge < -0.3 is 14.6 Å². The van der Waals surface area contributed by atoms with Gasteiger partial charge in [-0.15, -0.1) is 0 Å². The number of carbonyl (C=O) groups is 1. The second kappa shape index (κ2) is 13.7. The predicted molar refractivity (Wildman–Crippen MR) is 123 cm³/mol. The van der Waals surface area contributed by atoms with E-state index in [0.29, 0.717) is 23.8 Å². The number of nitrogens with zero attached hydrogens (tertiary/aromatic N) is 1. The van der Waals surface area contributed by atoms with Crippen molar-refractivity contribution >= 4 is 24.7 Å². The van der Waals surface area contributed by atoms with Crippen LogP contribution in [0.4, 0.5) is 0 Å². The van der Waals surface area contributed by atoms with Crippen LogP contribution in [0.2, 0.25) is 0 Å². The maximum Gasteiger partial charge on any atom is 0.328 e. The van der Waals surface area contributed by atoms with Crippen LogP contribution in [0.15, 0.2) is 42.5 Å². The number of carboxylic acid groups (broad SMARTS) is 1. The number of carboxylic acids is 1. The van der Waals surface area contributed by atoms with Crippen molar-refractivity contribution in [1.29, 1.82) is 0 Å². The molecular weight excluding hydrogens is 398 g/mol. The number of benzene rings is 1. The minimum atomic E-state index is -1.01. The smallest absolute Gasteiger partial charge is 0.328 e. The first-order valence-corrected chi connectivity index (χ1v) is 11.0. The molecule has 0 atom stereocenters. The third kappa shape index (κ3) is 8.91. The second-order valence-electron chi connectivity index (χ2n) is 7.08. The molecule has 0 bridgehead atoms. The van der Waals surface area contributed by atoms with Gasteiger partial charge >= 0.3 is 5.97 Å². The number of thiol groups is 1. The number of methoxy groups -OCH3 is 1. The number of unbranched alkanes of at least 4 members (excludes halogenated alkanes) is 5. The van der Waals surface area contributed by atoms with Crippen LogP contribution in [0, 0.1) is 0 Å². The van der Waals surface area contributed by atoms with E-state index in [-0.39, 0.29) is 0 Å². The van der Waals surface area contributed by atoms with Gasteiger partial charge in [-0.05, 0) is 55.2 Å². The summed E-state index contributed by atoms with van der Waals surface area (Å²) in [6, 6.07) is 12.0. The van der Waals surface area contributed by atoms with Crippen molar-refractivity contribution in [2.75, 3.05) is 13.7 Å². The number of rotatable bonds is 14. The molecule has 0 amide bonds. The van der Waals surface area contributed by atoms with Crippen molar-refractivity contribution < 1.29 is 19.4 Å². The van der Waals surface area contributed by atoms with Crippen LogP contribution in [0.1, 0.15) is 55.5 Å². The lowest BCUT2D eigenvalue weighted by molar-refractivity contribution is -0.131. The highest BCUT2D eigenvalue weighted by molar-refractivity contribution is 7.79. The Morgan fingerprint density at radius 3 is 2.40 bits per heavy atom. The molecule has 0 spiro atoms. The lowest BCUT2D eigenvalue weighted by Gasteiger charge is -2.10. The third-order valence-corrected chi connectivity index (χ3v) is 5.09. The topological polar surface area (TPSA) is 68.7 Å². The van der Waals surface area contributed by atoms with Gasteiger partial charge in [0.25, 0.3) is 0 Å². The molecule has 2 aromatic rings. The van der Waals surface area contributed by atoms with Gasteiger partial charge in [-0.1, -0.05) is 37.8 Å². The lowest BCUT2D eigenvalue weighted by atomic mass is 10.0.